The molecule has 2 heterocycles. The molecule has 0 radical (unpaired) electrons. The van der Waals surface area contributed by atoms with Crippen molar-refractivity contribution in [1.82, 2.24) is 19.3 Å². The van der Waals surface area contributed by atoms with Crippen LogP contribution < -0.4 is 0 Å². The standard InChI is InChI=1S/C21H18ClFN4O2/c1-4-29-21(28)13-5-8-18-17(9-13)24-11-27(18)20-19(12(2)25-26(20)3)15-7-6-14(23)10-16(15)22/h5-11H,4H2,1-3H3. The van der Waals surface area contributed by atoms with Crippen LogP contribution in [0.3, 0.4) is 0 Å². The molecular formula is C21H18ClFN4O2. The van der Waals surface area contributed by atoms with Gasteiger partial charge in [0.15, 0.2) is 0 Å². The Balaban J connectivity index is 1.90. The third kappa shape index (κ3) is 3.27. The number of nitrogens with zero attached hydrogens (tertiary/aromatic N) is 4. The lowest BCUT2D eigenvalue weighted by molar-refractivity contribution is 0.0526. The van der Waals surface area contributed by atoms with E-state index in [1.165, 1.54) is 12.1 Å². The molecule has 8 heteroatoms. The van der Waals surface area contributed by atoms with Crippen LogP contribution in [0.25, 0.3) is 28.0 Å². The third-order valence-corrected chi connectivity index (χ3v) is 4.99. The molecule has 0 saturated carbocycles. The highest BCUT2D eigenvalue weighted by atomic mass is 35.5. The second-order valence-electron chi connectivity index (χ2n) is 6.57. The Morgan fingerprint density at radius 2 is 2.03 bits per heavy atom. The molecule has 6 nitrogen and oxygen atoms in total. The van der Waals surface area contributed by atoms with Crippen molar-refractivity contribution in [3.63, 3.8) is 0 Å². The molecule has 2 aromatic carbocycles. The predicted molar refractivity (Wildman–Crippen MR) is 109 cm³/mol. The summed E-state index contributed by atoms with van der Waals surface area (Å²) < 4.78 is 22.2. The minimum absolute atomic E-state index is 0.302. The summed E-state index contributed by atoms with van der Waals surface area (Å²) >= 11 is 6.33. The highest BCUT2D eigenvalue weighted by molar-refractivity contribution is 6.33. The maximum absolute atomic E-state index is 13.6. The lowest BCUT2D eigenvalue weighted by Crippen LogP contribution is -2.05. The van der Waals surface area contributed by atoms with E-state index in [9.17, 15) is 9.18 Å². The smallest absolute Gasteiger partial charge is 0.338 e. The van der Waals surface area contributed by atoms with Gasteiger partial charge in [-0.1, -0.05) is 11.6 Å². The summed E-state index contributed by atoms with van der Waals surface area (Å²) in [6, 6.07) is 9.50. The molecule has 29 heavy (non-hydrogen) atoms. The van der Waals surface area contributed by atoms with Crippen molar-refractivity contribution >= 4 is 28.6 Å². The van der Waals surface area contributed by atoms with E-state index >= 15 is 0 Å². The number of carbonyl (C=O) groups excluding carboxylic acids is 1. The van der Waals surface area contributed by atoms with Gasteiger partial charge in [0, 0.05) is 18.2 Å². The largest absolute Gasteiger partial charge is 0.462 e. The Labute approximate surface area is 171 Å². The van der Waals surface area contributed by atoms with Crippen LogP contribution in [-0.2, 0) is 11.8 Å². The summed E-state index contributed by atoms with van der Waals surface area (Å²) in [4.78, 5) is 16.5. The van der Waals surface area contributed by atoms with E-state index in [4.69, 9.17) is 16.3 Å². The fourth-order valence-corrected chi connectivity index (χ4v) is 3.71. The number of hydrogen-bond acceptors (Lipinski definition) is 4. The Morgan fingerprint density at radius 1 is 1.24 bits per heavy atom. The van der Waals surface area contributed by atoms with Gasteiger partial charge in [-0.25, -0.2) is 14.2 Å². The molecule has 0 aliphatic heterocycles. The Kier molecular flexibility index (Phi) is 4.84. The average molecular weight is 413 g/mol. The fourth-order valence-electron chi connectivity index (χ4n) is 3.45. The van der Waals surface area contributed by atoms with Crippen molar-refractivity contribution in [1.29, 1.82) is 0 Å². The number of aromatic nitrogens is 4. The SMILES string of the molecule is CCOC(=O)c1ccc2c(c1)ncn2-c1c(-c2ccc(F)cc2Cl)c(C)nn1C. The van der Waals surface area contributed by atoms with Crippen molar-refractivity contribution in [2.75, 3.05) is 6.61 Å². The quantitative estimate of drug-likeness (QED) is 0.456. The molecule has 0 fully saturated rings. The first-order chi connectivity index (χ1) is 13.9. The number of esters is 1. The number of ether oxygens (including phenoxy) is 1. The van der Waals surface area contributed by atoms with E-state index in [2.05, 4.69) is 10.1 Å². The zero-order valence-electron chi connectivity index (χ0n) is 16.1. The van der Waals surface area contributed by atoms with Crippen LogP contribution in [0, 0.1) is 12.7 Å². The summed E-state index contributed by atoms with van der Waals surface area (Å²) in [6.07, 6.45) is 1.66. The number of halogens is 2. The highest BCUT2D eigenvalue weighted by Crippen LogP contribution is 2.36. The number of benzene rings is 2. The molecule has 0 bridgehead atoms. The Morgan fingerprint density at radius 3 is 2.76 bits per heavy atom. The summed E-state index contributed by atoms with van der Waals surface area (Å²) in [6.45, 7) is 3.94. The van der Waals surface area contributed by atoms with Gasteiger partial charge < -0.3 is 4.74 Å². The molecule has 0 aliphatic rings. The first kappa shape index (κ1) is 19.1. The molecule has 4 aromatic rings. The van der Waals surface area contributed by atoms with E-state index in [0.717, 1.165) is 22.6 Å². The molecule has 4 rings (SSSR count). The summed E-state index contributed by atoms with van der Waals surface area (Å²) in [5.41, 5.74) is 4.09. The second-order valence-corrected chi connectivity index (χ2v) is 6.98. The van der Waals surface area contributed by atoms with Crippen LogP contribution in [-0.4, -0.2) is 31.9 Å². The van der Waals surface area contributed by atoms with Gasteiger partial charge in [0.25, 0.3) is 0 Å². The van der Waals surface area contributed by atoms with Gasteiger partial charge in [-0.2, -0.15) is 5.10 Å². The van der Waals surface area contributed by atoms with Gasteiger partial charge in [-0.05, 0) is 50.2 Å². The molecule has 0 N–H and O–H groups in total. The van der Waals surface area contributed by atoms with Crippen molar-refractivity contribution in [2.45, 2.75) is 13.8 Å². The first-order valence-electron chi connectivity index (χ1n) is 9.04. The van der Waals surface area contributed by atoms with Gasteiger partial charge in [-0.15, -0.1) is 0 Å². The summed E-state index contributed by atoms with van der Waals surface area (Å²) in [5, 5.41) is 4.83. The monoisotopic (exact) mass is 412 g/mol. The molecule has 0 aliphatic carbocycles. The average Bonchev–Trinajstić information content (AvgIpc) is 3.21. The predicted octanol–water partition coefficient (Wildman–Crippen LogP) is 4.70. The van der Waals surface area contributed by atoms with E-state index in [1.54, 1.807) is 36.1 Å². The zero-order valence-corrected chi connectivity index (χ0v) is 16.9. The summed E-state index contributed by atoms with van der Waals surface area (Å²) in [7, 11) is 1.82. The highest BCUT2D eigenvalue weighted by Gasteiger charge is 2.21. The Hall–Kier alpha value is -3.19. The van der Waals surface area contributed by atoms with Crippen molar-refractivity contribution < 1.29 is 13.9 Å². The van der Waals surface area contributed by atoms with E-state index < -0.39 is 5.82 Å². The summed E-state index contributed by atoms with van der Waals surface area (Å²) in [5.74, 6) is -0.0528. The number of carbonyl (C=O) groups is 1. The van der Waals surface area contributed by atoms with E-state index in [0.29, 0.717) is 28.3 Å². The molecule has 0 atom stereocenters. The van der Waals surface area contributed by atoms with Gasteiger partial charge in [0.05, 0.1) is 33.9 Å². The van der Waals surface area contributed by atoms with Gasteiger partial charge in [0.2, 0.25) is 0 Å². The molecule has 0 spiro atoms. The zero-order chi connectivity index (χ0) is 20.7. The molecule has 148 valence electrons. The molecule has 0 saturated heterocycles. The molecule has 0 unspecified atom stereocenters. The van der Waals surface area contributed by atoms with Gasteiger partial charge in [-0.3, -0.25) is 9.25 Å². The van der Waals surface area contributed by atoms with Crippen molar-refractivity contribution in [3.05, 3.63) is 64.8 Å². The second kappa shape index (κ2) is 7.33. The van der Waals surface area contributed by atoms with Crippen LogP contribution in [0.5, 0.6) is 0 Å². The fraction of sp³-hybridized carbons (Fsp3) is 0.190. The number of aryl methyl sites for hydroxylation is 2. The number of rotatable bonds is 4. The number of hydrogen-bond donors (Lipinski definition) is 0. The minimum Gasteiger partial charge on any atom is -0.462 e. The van der Waals surface area contributed by atoms with Crippen LogP contribution in [0.15, 0.2) is 42.7 Å². The Bertz CT molecular complexity index is 1250. The van der Waals surface area contributed by atoms with Gasteiger partial charge in [0.1, 0.15) is 18.0 Å². The van der Waals surface area contributed by atoms with Crippen molar-refractivity contribution in [2.24, 2.45) is 7.05 Å². The molecular weight excluding hydrogens is 395 g/mol. The molecule has 0 amide bonds. The van der Waals surface area contributed by atoms with E-state index in [1.807, 2.05) is 24.6 Å². The first-order valence-corrected chi connectivity index (χ1v) is 9.42. The lowest BCUT2D eigenvalue weighted by atomic mass is 10.1. The van der Waals surface area contributed by atoms with Crippen molar-refractivity contribution in [3.8, 4) is 16.9 Å². The minimum atomic E-state index is -0.401. The number of imidazole rings is 1. The van der Waals surface area contributed by atoms with Gasteiger partial charge >= 0.3 is 5.97 Å². The van der Waals surface area contributed by atoms with Crippen LogP contribution in [0.2, 0.25) is 5.02 Å². The van der Waals surface area contributed by atoms with Crippen LogP contribution in [0.4, 0.5) is 4.39 Å². The van der Waals surface area contributed by atoms with Crippen LogP contribution in [0.1, 0.15) is 23.0 Å². The maximum Gasteiger partial charge on any atom is 0.338 e. The lowest BCUT2D eigenvalue weighted by Gasteiger charge is -2.11. The third-order valence-electron chi connectivity index (χ3n) is 4.68. The van der Waals surface area contributed by atoms with Crippen LogP contribution >= 0.6 is 11.6 Å². The number of fused-ring (bicyclic) bond motifs is 1. The molecule has 2 aromatic heterocycles. The maximum atomic E-state index is 13.6. The van der Waals surface area contributed by atoms with E-state index in [-0.39, 0.29) is 5.97 Å². The normalized spacial score (nSPS) is 11.2. The topological polar surface area (TPSA) is 61.9 Å².